The minimum absolute atomic E-state index is 0.0382. The predicted octanol–water partition coefficient (Wildman–Crippen LogP) is 3.21. The first-order chi connectivity index (χ1) is 12.9. The molecule has 8 nitrogen and oxygen atoms in total. The number of sulfonamides is 1. The zero-order chi connectivity index (χ0) is 19.0. The maximum absolute atomic E-state index is 12.6. The number of hydrogen-bond acceptors (Lipinski definition) is 5. The third kappa shape index (κ3) is 3.28. The maximum atomic E-state index is 12.6. The number of nitrogens with one attached hydrogen (secondary N) is 1. The fourth-order valence-electron chi connectivity index (χ4n) is 3.19. The van der Waals surface area contributed by atoms with Crippen LogP contribution >= 0.6 is 0 Å². The summed E-state index contributed by atoms with van der Waals surface area (Å²) in [5.74, 6) is 1.04. The van der Waals surface area contributed by atoms with Crippen LogP contribution in [0.3, 0.4) is 0 Å². The standard InChI is InChI=1S/C18H16N4O4S/c23-22(24)15-6-8-16(9-7-15)27(25,26)20-14-4-1-3-13(11-14)17-12-19-18-5-2-10-21(17)18/h1,3-4,6-9,11-12,20H,2,5,10H2. The Bertz CT molecular complexity index is 1120. The maximum Gasteiger partial charge on any atom is 0.269 e. The summed E-state index contributed by atoms with van der Waals surface area (Å²) < 4.78 is 29.8. The molecule has 2 heterocycles. The van der Waals surface area contributed by atoms with E-state index in [1.54, 1.807) is 24.4 Å². The summed E-state index contributed by atoms with van der Waals surface area (Å²) in [5.41, 5.74) is 2.09. The number of non-ortho nitro benzene ring substituents is 1. The zero-order valence-electron chi connectivity index (χ0n) is 14.2. The molecule has 138 valence electrons. The summed E-state index contributed by atoms with van der Waals surface area (Å²) in [6.45, 7) is 0.906. The van der Waals surface area contributed by atoms with E-state index in [-0.39, 0.29) is 10.6 Å². The van der Waals surface area contributed by atoms with E-state index in [0.717, 1.165) is 36.5 Å². The number of aryl methyl sites for hydroxylation is 1. The van der Waals surface area contributed by atoms with Gasteiger partial charge in [0.15, 0.2) is 0 Å². The van der Waals surface area contributed by atoms with Crippen LogP contribution in [0.25, 0.3) is 11.3 Å². The number of rotatable bonds is 5. The van der Waals surface area contributed by atoms with E-state index >= 15 is 0 Å². The fraction of sp³-hybridized carbons (Fsp3) is 0.167. The van der Waals surface area contributed by atoms with E-state index in [0.29, 0.717) is 5.69 Å². The zero-order valence-corrected chi connectivity index (χ0v) is 15.0. The molecule has 2 aromatic carbocycles. The number of hydrogen-bond donors (Lipinski definition) is 1. The number of nitrogens with zero attached hydrogens (tertiary/aromatic N) is 3. The number of nitro groups is 1. The van der Waals surface area contributed by atoms with Crippen molar-refractivity contribution in [2.45, 2.75) is 24.3 Å². The monoisotopic (exact) mass is 384 g/mol. The Morgan fingerprint density at radius 1 is 1.15 bits per heavy atom. The van der Waals surface area contributed by atoms with Crippen LogP contribution < -0.4 is 4.72 Å². The highest BCUT2D eigenvalue weighted by molar-refractivity contribution is 7.92. The lowest BCUT2D eigenvalue weighted by molar-refractivity contribution is -0.384. The normalized spacial score (nSPS) is 13.3. The fourth-order valence-corrected chi connectivity index (χ4v) is 4.24. The molecule has 27 heavy (non-hydrogen) atoms. The Labute approximate surface area is 155 Å². The van der Waals surface area contributed by atoms with Crippen molar-refractivity contribution in [3.05, 3.63) is 70.7 Å². The second-order valence-corrected chi connectivity index (χ2v) is 7.93. The van der Waals surface area contributed by atoms with Crippen LogP contribution in [0.1, 0.15) is 12.2 Å². The van der Waals surface area contributed by atoms with Crippen molar-refractivity contribution in [3.63, 3.8) is 0 Å². The van der Waals surface area contributed by atoms with Gasteiger partial charge in [-0.1, -0.05) is 12.1 Å². The summed E-state index contributed by atoms with van der Waals surface area (Å²) in [6, 6.07) is 11.9. The van der Waals surface area contributed by atoms with E-state index in [1.165, 1.54) is 24.3 Å². The van der Waals surface area contributed by atoms with Gasteiger partial charge >= 0.3 is 0 Å². The first kappa shape index (κ1) is 17.2. The lowest BCUT2D eigenvalue weighted by atomic mass is 10.1. The van der Waals surface area contributed by atoms with Gasteiger partial charge in [-0.3, -0.25) is 14.8 Å². The van der Waals surface area contributed by atoms with E-state index in [2.05, 4.69) is 14.3 Å². The van der Waals surface area contributed by atoms with E-state index in [9.17, 15) is 18.5 Å². The van der Waals surface area contributed by atoms with Crippen molar-refractivity contribution in [1.82, 2.24) is 9.55 Å². The van der Waals surface area contributed by atoms with Gasteiger partial charge in [0.2, 0.25) is 0 Å². The second-order valence-electron chi connectivity index (χ2n) is 6.25. The molecule has 1 aliphatic heterocycles. The molecule has 0 saturated heterocycles. The third-order valence-electron chi connectivity index (χ3n) is 4.49. The summed E-state index contributed by atoms with van der Waals surface area (Å²) in [7, 11) is -3.85. The molecule has 0 aliphatic carbocycles. The molecule has 0 saturated carbocycles. The van der Waals surface area contributed by atoms with Crippen LogP contribution in [0, 0.1) is 10.1 Å². The molecular formula is C18H16N4O4S. The molecule has 1 aliphatic rings. The molecule has 0 amide bonds. The number of aromatic nitrogens is 2. The molecule has 1 aromatic heterocycles. The molecular weight excluding hydrogens is 368 g/mol. The van der Waals surface area contributed by atoms with Crippen molar-refractivity contribution in [2.24, 2.45) is 0 Å². The highest BCUT2D eigenvalue weighted by Crippen LogP contribution is 2.28. The van der Waals surface area contributed by atoms with Crippen LogP contribution in [0.5, 0.6) is 0 Å². The van der Waals surface area contributed by atoms with Crippen molar-refractivity contribution in [3.8, 4) is 11.3 Å². The highest BCUT2D eigenvalue weighted by Gasteiger charge is 2.19. The molecule has 0 spiro atoms. The summed E-state index contributed by atoms with van der Waals surface area (Å²) in [5, 5.41) is 10.7. The molecule has 1 N–H and O–H groups in total. The van der Waals surface area contributed by atoms with E-state index < -0.39 is 14.9 Å². The van der Waals surface area contributed by atoms with Gasteiger partial charge in [0.05, 0.1) is 21.7 Å². The topological polar surface area (TPSA) is 107 Å². The molecule has 3 aromatic rings. The minimum atomic E-state index is -3.85. The van der Waals surface area contributed by atoms with Crippen molar-refractivity contribution >= 4 is 21.4 Å². The first-order valence-electron chi connectivity index (χ1n) is 8.36. The van der Waals surface area contributed by atoms with Crippen LogP contribution in [0.2, 0.25) is 0 Å². The van der Waals surface area contributed by atoms with Gasteiger partial charge in [-0.2, -0.15) is 0 Å². The molecule has 0 radical (unpaired) electrons. The van der Waals surface area contributed by atoms with Gasteiger partial charge in [-0.15, -0.1) is 0 Å². The first-order valence-corrected chi connectivity index (χ1v) is 9.84. The summed E-state index contributed by atoms with van der Waals surface area (Å²) in [4.78, 5) is 14.5. The summed E-state index contributed by atoms with van der Waals surface area (Å²) in [6.07, 6.45) is 3.81. The molecule has 0 atom stereocenters. The second kappa shape index (κ2) is 6.51. The number of benzene rings is 2. The number of anilines is 1. The Hall–Kier alpha value is -3.20. The lowest BCUT2D eigenvalue weighted by Gasteiger charge is -2.10. The Kier molecular flexibility index (Phi) is 4.15. The van der Waals surface area contributed by atoms with Crippen LogP contribution in [-0.4, -0.2) is 22.9 Å². The SMILES string of the molecule is O=[N+]([O-])c1ccc(S(=O)(=O)Nc2cccc(-c3cnc4n3CCC4)c2)cc1. The quantitative estimate of drug-likeness (QED) is 0.537. The highest BCUT2D eigenvalue weighted by atomic mass is 32.2. The van der Waals surface area contributed by atoms with Gasteiger partial charge in [0.25, 0.3) is 15.7 Å². The Morgan fingerprint density at radius 2 is 1.93 bits per heavy atom. The van der Waals surface area contributed by atoms with Crippen LogP contribution in [0.15, 0.2) is 59.6 Å². The van der Waals surface area contributed by atoms with Gasteiger partial charge in [-0.05, 0) is 30.7 Å². The molecule has 0 unspecified atom stereocenters. The predicted molar refractivity (Wildman–Crippen MR) is 99.9 cm³/mol. The van der Waals surface area contributed by atoms with E-state index in [4.69, 9.17) is 0 Å². The van der Waals surface area contributed by atoms with Crippen molar-refractivity contribution in [2.75, 3.05) is 4.72 Å². The molecule has 4 rings (SSSR count). The van der Waals surface area contributed by atoms with E-state index in [1.807, 2.05) is 6.07 Å². The number of fused-ring (bicyclic) bond motifs is 1. The van der Waals surface area contributed by atoms with Crippen LogP contribution in [-0.2, 0) is 23.0 Å². The summed E-state index contributed by atoms with van der Waals surface area (Å²) >= 11 is 0. The van der Waals surface area contributed by atoms with Gasteiger partial charge in [0.1, 0.15) is 5.82 Å². The average Bonchev–Trinajstić information content (AvgIpc) is 3.25. The minimum Gasteiger partial charge on any atom is -0.328 e. The van der Waals surface area contributed by atoms with Crippen molar-refractivity contribution in [1.29, 1.82) is 0 Å². The van der Waals surface area contributed by atoms with Gasteiger partial charge < -0.3 is 4.57 Å². The third-order valence-corrected chi connectivity index (χ3v) is 5.89. The molecule has 0 fully saturated rings. The smallest absolute Gasteiger partial charge is 0.269 e. The van der Waals surface area contributed by atoms with Crippen LogP contribution in [0.4, 0.5) is 11.4 Å². The largest absolute Gasteiger partial charge is 0.328 e. The molecule has 0 bridgehead atoms. The Morgan fingerprint density at radius 3 is 2.67 bits per heavy atom. The lowest BCUT2D eigenvalue weighted by Crippen LogP contribution is -2.13. The van der Waals surface area contributed by atoms with Crippen molar-refractivity contribution < 1.29 is 13.3 Å². The number of imidazole rings is 1. The Balaban J connectivity index is 1.61. The van der Waals surface area contributed by atoms with Gasteiger partial charge in [0, 0.05) is 36.3 Å². The van der Waals surface area contributed by atoms with Gasteiger partial charge in [-0.25, -0.2) is 13.4 Å². The number of nitro benzene ring substituents is 1. The average molecular weight is 384 g/mol. The molecule has 9 heteroatoms.